The summed E-state index contributed by atoms with van der Waals surface area (Å²) in [6.07, 6.45) is 12.3. The maximum atomic E-state index is 12.7. The van der Waals surface area contributed by atoms with Crippen LogP contribution in [-0.4, -0.2) is 48.0 Å². The molecule has 0 aromatic carbocycles. The van der Waals surface area contributed by atoms with Crippen LogP contribution in [0.3, 0.4) is 0 Å². The first kappa shape index (κ1) is 18.1. The van der Waals surface area contributed by atoms with E-state index in [1.807, 2.05) is 35.6 Å². The highest BCUT2D eigenvalue weighted by molar-refractivity contribution is 5.76. The van der Waals surface area contributed by atoms with Gasteiger partial charge in [-0.15, -0.1) is 0 Å². The Kier molecular flexibility index (Phi) is 5.27. The van der Waals surface area contributed by atoms with E-state index in [2.05, 4.69) is 19.5 Å². The zero-order valence-corrected chi connectivity index (χ0v) is 15.5. The summed E-state index contributed by atoms with van der Waals surface area (Å²) in [5, 5.41) is 0. The average molecular weight is 378 g/mol. The van der Waals surface area contributed by atoms with E-state index in [1.165, 1.54) is 10.8 Å². The summed E-state index contributed by atoms with van der Waals surface area (Å²) < 4.78 is 3.47. The van der Waals surface area contributed by atoms with Gasteiger partial charge in [0.15, 0.2) is 0 Å². The van der Waals surface area contributed by atoms with E-state index in [0.29, 0.717) is 19.6 Å². The Labute approximate surface area is 162 Å². The van der Waals surface area contributed by atoms with E-state index in [9.17, 15) is 9.59 Å². The molecule has 1 aliphatic rings. The van der Waals surface area contributed by atoms with Crippen LogP contribution in [0.25, 0.3) is 0 Å². The van der Waals surface area contributed by atoms with Crippen molar-refractivity contribution >= 4 is 5.91 Å². The van der Waals surface area contributed by atoms with Gasteiger partial charge in [0.05, 0.1) is 6.54 Å². The van der Waals surface area contributed by atoms with Gasteiger partial charge < -0.3 is 9.47 Å². The van der Waals surface area contributed by atoms with E-state index in [-0.39, 0.29) is 18.4 Å². The number of carbonyl (C=O) groups excluding carboxylic acids is 1. The fourth-order valence-electron chi connectivity index (χ4n) is 3.67. The third kappa shape index (κ3) is 4.00. The van der Waals surface area contributed by atoms with Gasteiger partial charge >= 0.3 is 5.69 Å². The largest absolute Gasteiger partial charge is 0.347 e. The van der Waals surface area contributed by atoms with E-state index in [0.717, 1.165) is 24.2 Å². The standard InChI is InChI=1S/C20H22N6O2/c27-18(15-26-10-3-7-23-20(26)28)24-9-2-5-17(14-24)19-22-8-11-25(19)13-16-4-1-6-21-12-16/h1,3-4,6-8,10-12,17H,2,5,9,13-15H2/t17-/m1/s1. The van der Waals surface area contributed by atoms with Gasteiger partial charge in [0.1, 0.15) is 12.4 Å². The number of imidazole rings is 1. The number of piperidine rings is 1. The number of amides is 1. The number of nitrogens with zero attached hydrogens (tertiary/aromatic N) is 6. The molecule has 3 aromatic heterocycles. The molecule has 1 amide bonds. The molecule has 0 spiro atoms. The number of aromatic nitrogens is 5. The number of carbonyl (C=O) groups is 1. The first-order valence-corrected chi connectivity index (χ1v) is 9.40. The van der Waals surface area contributed by atoms with Crippen LogP contribution in [0.5, 0.6) is 0 Å². The second-order valence-electron chi connectivity index (χ2n) is 6.98. The zero-order chi connectivity index (χ0) is 19.3. The number of pyridine rings is 1. The molecule has 4 rings (SSSR count). The highest BCUT2D eigenvalue weighted by Gasteiger charge is 2.27. The average Bonchev–Trinajstić information content (AvgIpc) is 3.19. The molecule has 1 fully saturated rings. The lowest BCUT2D eigenvalue weighted by Gasteiger charge is -2.33. The van der Waals surface area contributed by atoms with Crippen molar-refractivity contribution in [2.75, 3.05) is 13.1 Å². The van der Waals surface area contributed by atoms with E-state index >= 15 is 0 Å². The van der Waals surface area contributed by atoms with Crippen molar-refractivity contribution in [2.24, 2.45) is 0 Å². The van der Waals surface area contributed by atoms with Crippen molar-refractivity contribution in [3.05, 3.63) is 77.3 Å². The molecule has 4 heterocycles. The molecule has 0 unspecified atom stereocenters. The predicted molar refractivity (Wildman–Crippen MR) is 103 cm³/mol. The smallest absolute Gasteiger partial charge is 0.340 e. The number of hydrogen-bond donors (Lipinski definition) is 0. The zero-order valence-electron chi connectivity index (χ0n) is 15.5. The van der Waals surface area contributed by atoms with Gasteiger partial charge in [0, 0.05) is 56.2 Å². The van der Waals surface area contributed by atoms with Crippen molar-refractivity contribution in [2.45, 2.75) is 31.8 Å². The monoisotopic (exact) mass is 378 g/mol. The summed E-state index contributed by atoms with van der Waals surface area (Å²) in [4.78, 5) is 38.8. The third-order valence-corrected chi connectivity index (χ3v) is 5.05. The van der Waals surface area contributed by atoms with Crippen molar-refractivity contribution in [3.63, 3.8) is 0 Å². The highest BCUT2D eigenvalue weighted by atomic mass is 16.2. The highest BCUT2D eigenvalue weighted by Crippen LogP contribution is 2.26. The Morgan fingerprint density at radius 3 is 2.86 bits per heavy atom. The van der Waals surface area contributed by atoms with Crippen LogP contribution in [0, 0.1) is 0 Å². The Balaban J connectivity index is 1.46. The molecule has 0 N–H and O–H groups in total. The maximum Gasteiger partial charge on any atom is 0.347 e. The normalized spacial score (nSPS) is 16.9. The molecule has 8 heteroatoms. The quantitative estimate of drug-likeness (QED) is 0.668. The summed E-state index contributed by atoms with van der Waals surface area (Å²) in [6, 6.07) is 5.62. The molecule has 1 saturated heterocycles. The second-order valence-corrected chi connectivity index (χ2v) is 6.98. The van der Waals surface area contributed by atoms with Gasteiger partial charge in [-0.2, -0.15) is 0 Å². The number of rotatable bonds is 5. The van der Waals surface area contributed by atoms with Crippen LogP contribution < -0.4 is 5.69 Å². The molecular formula is C20H22N6O2. The van der Waals surface area contributed by atoms with Crippen molar-refractivity contribution < 1.29 is 4.79 Å². The second kappa shape index (κ2) is 8.16. The van der Waals surface area contributed by atoms with Gasteiger partial charge in [-0.05, 0) is 30.5 Å². The molecule has 0 radical (unpaired) electrons. The van der Waals surface area contributed by atoms with Gasteiger partial charge in [0.2, 0.25) is 5.91 Å². The SMILES string of the molecule is O=C(Cn1cccnc1=O)N1CCC[C@@H](c2nccn2Cc2cccnc2)C1. The Hall–Kier alpha value is -3.29. The molecule has 1 atom stereocenters. The minimum absolute atomic E-state index is 0.0174. The molecule has 28 heavy (non-hydrogen) atoms. The third-order valence-electron chi connectivity index (χ3n) is 5.05. The van der Waals surface area contributed by atoms with Gasteiger partial charge in [-0.3, -0.25) is 14.3 Å². The van der Waals surface area contributed by atoms with Crippen LogP contribution in [0.1, 0.15) is 30.1 Å². The van der Waals surface area contributed by atoms with Gasteiger partial charge in [0.25, 0.3) is 0 Å². The lowest BCUT2D eigenvalue weighted by Crippen LogP contribution is -2.42. The number of likely N-dealkylation sites (tertiary alicyclic amines) is 1. The minimum atomic E-state index is -0.406. The van der Waals surface area contributed by atoms with E-state index < -0.39 is 5.69 Å². The maximum absolute atomic E-state index is 12.7. The molecule has 0 aliphatic carbocycles. The fourth-order valence-corrected chi connectivity index (χ4v) is 3.67. The summed E-state index contributed by atoms with van der Waals surface area (Å²) in [5.74, 6) is 1.10. The van der Waals surface area contributed by atoms with Crippen LogP contribution in [0.15, 0.2) is 60.2 Å². The Morgan fingerprint density at radius 1 is 1.11 bits per heavy atom. The molecule has 3 aromatic rings. The molecule has 8 nitrogen and oxygen atoms in total. The minimum Gasteiger partial charge on any atom is -0.340 e. The summed E-state index contributed by atoms with van der Waals surface area (Å²) >= 11 is 0. The van der Waals surface area contributed by atoms with E-state index in [1.54, 1.807) is 18.5 Å². The summed E-state index contributed by atoms with van der Waals surface area (Å²) in [6.45, 7) is 2.04. The van der Waals surface area contributed by atoms with E-state index in [4.69, 9.17) is 0 Å². The summed E-state index contributed by atoms with van der Waals surface area (Å²) in [7, 11) is 0. The van der Waals surface area contributed by atoms with Crippen molar-refractivity contribution in [1.29, 1.82) is 0 Å². The summed E-state index contributed by atoms with van der Waals surface area (Å²) in [5.41, 5.74) is 0.706. The van der Waals surface area contributed by atoms with Crippen LogP contribution in [0.2, 0.25) is 0 Å². The predicted octanol–water partition coefficient (Wildman–Crippen LogP) is 1.29. The van der Waals surface area contributed by atoms with Crippen LogP contribution in [0.4, 0.5) is 0 Å². The van der Waals surface area contributed by atoms with Gasteiger partial charge in [-0.1, -0.05) is 6.07 Å². The fraction of sp³-hybridized carbons (Fsp3) is 0.350. The van der Waals surface area contributed by atoms with Crippen molar-refractivity contribution in [3.8, 4) is 0 Å². The Morgan fingerprint density at radius 2 is 2.04 bits per heavy atom. The first-order valence-electron chi connectivity index (χ1n) is 9.40. The topological polar surface area (TPSA) is 85.9 Å². The molecule has 0 saturated carbocycles. The lowest BCUT2D eigenvalue weighted by molar-refractivity contribution is -0.133. The number of hydrogen-bond acceptors (Lipinski definition) is 5. The molecule has 1 aliphatic heterocycles. The Bertz CT molecular complexity index is 997. The van der Waals surface area contributed by atoms with Crippen LogP contribution >= 0.6 is 0 Å². The van der Waals surface area contributed by atoms with Crippen LogP contribution in [-0.2, 0) is 17.9 Å². The first-order chi connectivity index (χ1) is 13.7. The molecular weight excluding hydrogens is 356 g/mol. The molecule has 144 valence electrons. The van der Waals surface area contributed by atoms with Crippen molar-refractivity contribution in [1.82, 2.24) is 29.0 Å². The lowest BCUT2D eigenvalue weighted by atomic mass is 9.97. The van der Waals surface area contributed by atoms with Gasteiger partial charge in [-0.25, -0.2) is 14.8 Å². The molecule has 0 bridgehead atoms.